The van der Waals surface area contributed by atoms with E-state index in [2.05, 4.69) is 0 Å². The molecule has 0 aliphatic carbocycles. The molecule has 2 N–H and O–H groups in total. The lowest BCUT2D eigenvalue weighted by molar-refractivity contribution is -0.132. The van der Waals surface area contributed by atoms with Crippen LogP contribution >= 0.6 is 12.2 Å². The van der Waals surface area contributed by atoms with Crippen LogP contribution in [0.2, 0.25) is 0 Å². The molecule has 0 aromatic heterocycles. The molecule has 0 heterocycles. The van der Waals surface area contributed by atoms with Crippen molar-refractivity contribution in [2.24, 2.45) is 11.7 Å². The van der Waals surface area contributed by atoms with Crippen LogP contribution in [-0.2, 0) is 4.79 Å². The van der Waals surface area contributed by atoms with Crippen LogP contribution in [0, 0.1) is 5.92 Å². The number of likely N-dealkylation sites (N-methyl/N-ethyl adjacent to an activating group) is 2. The summed E-state index contributed by atoms with van der Waals surface area (Å²) in [7, 11) is 3.72. The van der Waals surface area contributed by atoms with Gasteiger partial charge in [-0.3, -0.25) is 9.69 Å². The van der Waals surface area contributed by atoms with Crippen molar-refractivity contribution < 1.29 is 4.79 Å². The van der Waals surface area contributed by atoms with Crippen LogP contribution < -0.4 is 5.73 Å². The number of hydrogen-bond acceptors (Lipinski definition) is 3. The summed E-state index contributed by atoms with van der Waals surface area (Å²) in [4.78, 5) is 16.0. The van der Waals surface area contributed by atoms with E-state index in [-0.39, 0.29) is 17.9 Å². The molecule has 4 nitrogen and oxygen atoms in total. The molecule has 0 bridgehead atoms. The normalized spacial score (nSPS) is 12.9. The summed E-state index contributed by atoms with van der Waals surface area (Å²) in [6, 6.07) is 0.230. The van der Waals surface area contributed by atoms with Crippen molar-refractivity contribution in [3.05, 3.63) is 0 Å². The first-order chi connectivity index (χ1) is 7.25. The minimum absolute atomic E-state index is 0.118. The van der Waals surface area contributed by atoms with Crippen LogP contribution in [0.15, 0.2) is 0 Å². The maximum absolute atomic E-state index is 11.8. The number of hydrogen-bond donors (Lipinski definition) is 1. The van der Waals surface area contributed by atoms with Gasteiger partial charge in [0.1, 0.15) is 0 Å². The predicted octanol–water partition coefficient (Wildman–Crippen LogP) is 0.707. The molecule has 16 heavy (non-hydrogen) atoms. The standard InChI is InChI=1S/C11H23N3OS/c1-8(2)14(5)10(15)7-13(4)6-9(3)11(12)16/h8-9H,6-7H2,1-5H3,(H2,12,16). The Hall–Kier alpha value is -0.680. The van der Waals surface area contributed by atoms with Gasteiger partial charge in [-0.2, -0.15) is 0 Å². The minimum Gasteiger partial charge on any atom is -0.393 e. The predicted molar refractivity (Wildman–Crippen MR) is 71.4 cm³/mol. The number of nitrogens with two attached hydrogens (primary N) is 1. The minimum atomic E-state index is 0.118. The van der Waals surface area contributed by atoms with Gasteiger partial charge in [0.25, 0.3) is 0 Å². The summed E-state index contributed by atoms with van der Waals surface area (Å²) < 4.78 is 0. The number of nitrogens with zero attached hydrogens (tertiary/aromatic N) is 2. The molecule has 0 spiro atoms. The summed E-state index contributed by atoms with van der Waals surface area (Å²) in [6.07, 6.45) is 0. The van der Waals surface area contributed by atoms with E-state index in [1.165, 1.54) is 0 Å². The molecule has 0 aromatic carbocycles. The molecule has 0 aliphatic rings. The lowest BCUT2D eigenvalue weighted by Gasteiger charge is -2.26. The number of carbonyl (C=O) groups is 1. The monoisotopic (exact) mass is 245 g/mol. The molecule has 0 fully saturated rings. The van der Waals surface area contributed by atoms with Gasteiger partial charge in [0.15, 0.2) is 0 Å². The molecule has 0 aliphatic heterocycles. The van der Waals surface area contributed by atoms with Gasteiger partial charge in [0.2, 0.25) is 5.91 Å². The molecule has 1 unspecified atom stereocenters. The molecule has 0 saturated carbocycles. The average Bonchev–Trinajstić information content (AvgIpc) is 2.15. The van der Waals surface area contributed by atoms with Crippen LogP contribution in [-0.4, -0.2) is 53.9 Å². The summed E-state index contributed by atoms with van der Waals surface area (Å²) in [5, 5.41) is 0. The molecule has 94 valence electrons. The maximum atomic E-state index is 11.8. The Morgan fingerprint density at radius 2 is 1.81 bits per heavy atom. The average molecular weight is 245 g/mol. The molecule has 0 saturated heterocycles. The Morgan fingerprint density at radius 3 is 2.19 bits per heavy atom. The van der Waals surface area contributed by atoms with Gasteiger partial charge in [-0.1, -0.05) is 19.1 Å². The highest BCUT2D eigenvalue weighted by atomic mass is 32.1. The molecule has 1 amide bonds. The van der Waals surface area contributed by atoms with E-state index < -0.39 is 0 Å². The van der Waals surface area contributed by atoms with Crippen molar-refractivity contribution in [1.82, 2.24) is 9.80 Å². The van der Waals surface area contributed by atoms with Crippen LogP contribution in [0.4, 0.5) is 0 Å². The summed E-state index contributed by atoms with van der Waals surface area (Å²) in [5.41, 5.74) is 5.53. The van der Waals surface area contributed by atoms with Gasteiger partial charge in [-0.05, 0) is 20.9 Å². The Kier molecular flexibility index (Phi) is 6.52. The first-order valence-corrected chi connectivity index (χ1v) is 5.90. The van der Waals surface area contributed by atoms with Crippen LogP contribution in [0.25, 0.3) is 0 Å². The van der Waals surface area contributed by atoms with Gasteiger partial charge in [0.05, 0.1) is 11.5 Å². The van der Waals surface area contributed by atoms with E-state index in [0.29, 0.717) is 18.1 Å². The van der Waals surface area contributed by atoms with Gasteiger partial charge in [-0.15, -0.1) is 0 Å². The van der Waals surface area contributed by atoms with Crippen molar-refractivity contribution in [3.63, 3.8) is 0 Å². The van der Waals surface area contributed by atoms with E-state index >= 15 is 0 Å². The van der Waals surface area contributed by atoms with E-state index in [0.717, 1.165) is 0 Å². The lowest BCUT2D eigenvalue weighted by Crippen LogP contribution is -2.42. The number of rotatable bonds is 6. The molecule has 1 atom stereocenters. The van der Waals surface area contributed by atoms with Crippen LogP contribution in [0.1, 0.15) is 20.8 Å². The smallest absolute Gasteiger partial charge is 0.236 e. The second-order valence-corrected chi connectivity index (χ2v) is 5.07. The SMILES string of the molecule is CC(CN(C)CC(=O)N(C)C(C)C)C(N)=S. The summed E-state index contributed by atoms with van der Waals surface area (Å²) in [5.74, 6) is 0.254. The van der Waals surface area contributed by atoms with Gasteiger partial charge < -0.3 is 10.6 Å². The zero-order chi connectivity index (χ0) is 12.9. The fourth-order valence-electron chi connectivity index (χ4n) is 1.25. The quantitative estimate of drug-likeness (QED) is 0.700. The lowest BCUT2D eigenvalue weighted by atomic mass is 10.2. The Labute approximate surface area is 104 Å². The third-order valence-electron chi connectivity index (χ3n) is 2.64. The second kappa shape index (κ2) is 6.81. The number of carbonyl (C=O) groups excluding carboxylic acids is 1. The van der Waals surface area contributed by atoms with Gasteiger partial charge in [0, 0.05) is 25.6 Å². The number of amides is 1. The third-order valence-corrected chi connectivity index (χ3v) is 3.05. The molecule has 0 aromatic rings. The van der Waals surface area contributed by atoms with E-state index in [1.54, 1.807) is 4.90 Å². The molecular weight excluding hydrogens is 222 g/mol. The first kappa shape index (κ1) is 15.3. The van der Waals surface area contributed by atoms with Crippen LogP contribution in [0.3, 0.4) is 0 Å². The summed E-state index contributed by atoms with van der Waals surface area (Å²) >= 11 is 4.90. The van der Waals surface area contributed by atoms with E-state index in [9.17, 15) is 4.79 Å². The fraction of sp³-hybridized carbons (Fsp3) is 0.818. The fourth-order valence-corrected chi connectivity index (χ4v) is 1.33. The molecule has 5 heteroatoms. The first-order valence-electron chi connectivity index (χ1n) is 5.49. The maximum Gasteiger partial charge on any atom is 0.236 e. The van der Waals surface area contributed by atoms with Gasteiger partial charge >= 0.3 is 0 Å². The summed E-state index contributed by atoms with van der Waals surface area (Å²) in [6.45, 7) is 7.08. The topological polar surface area (TPSA) is 49.6 Å². The van der Waals surface area contributed by atoms with Crippen molar-refractivity contribution in [1.29, 1.82) is 0 Å². The van der Waals surface area contributed by atoms with Gasteiger partial charge in [-0.25, -0.2) is 0 Å². The number of thiocarbonyl (C=S) groups is 1. The van der Waals surface area contributed by atoms with E-state index in [4.69, 9.17) is 18.0 Å². The highest BCUT2D eigenvalue weighted by Crippen LogP contribution is 2.00. The third kappa shape index (κ3) is 5.42. The molecular formula is C11H23N3OS. The molecule has 0 rings (SSSR count). The highest BCUT2D eigenvalue weighted by Gasteiger charge is 2.16. The van der Waals surface area contributed by atoms with Crippen molar-refractivity contribution in [2.75, 3.05) is 27.2 Å². The zero-order valence-corrected chi connectivity index (χ0v) is 11.7. The zero-order valence-electron chi connectivity index (χ0n) is 10.9. The Balaban J connectivity index is 4.10. The van der Waals surface area contributed by atoms with Crippen molar-refractivity contribution >= 4 is 23.1 Å². The Morgan fingerprint density at radius 1 is 1.31 bits per heavy atom. The second-order valence-electron chi connectivity index (χ2n) is 4.60. The highest BCUT2D eigenvalue weighted by molar-refractivity contribution is 7.80. The molecule has 0 radical (unpaired) electrons. The van der Waals surface area contributed by atoms with Crippen LogP contribution in [0.5, 0.6) is 0 Å². The van der Waals surface area contributed by atoms with E-state index in [1.807, 2.05) is 39.8 Å². The Bertz CT molecular complexity index is 256. The van der Waals surface area contributed by atoms with Crippen molar-refractivity contribution in [3.8, 4) is 0 Å². The largest absolute Gasteiger partial charge is 0.393 e. The van der Waals surface area contributed by atoms with Crippen molar-refractivity contribution in [2.45, 2.75) is 26.8 Å².